The number of imidazole rings is 2. The number of benzene rings is 2. The van der Waals surface area contributed by atoms with Gasteiger partial charge in [0.05, 0.1) is 57.7 Å². The van der Waals surface area contributed by atoms with Crippen LogP contribution in [-0.4, -0.2) is 120 Å². The summed E-state index contributed by atoms with van der Waals surface area (Å²) in [6.45, 7) is 6.22. The van der Waals surface area contributed by atoms with Crippen LogP contribution in [-0.2, 0) is 14.2 Å². The zero-order valence-corrected chi connectivity index (χ0v) is 36.9. The van der Waals surface area contributed by atoms with Crippen molar-refractivity contribution in [2.75, 3.05) is 57.4 Å². The van der Waals surface area contributed by atoms with Crippen molar-refractivity contribution < 1.29 is 34.0 Å². The first-order valence-electron chi connectivity index (χ1n) is 20.3. The number of amides is 1. The predicted molar refractivity (Wildman–Crippen MR) is 239 cm³/mol. The molecule has 1 amide bonds. The van der Waals surface area contributed by atoms with Gasteiger partial charge < -0.3 is 46.1 Å². The number of anilines is 2. The Labute approximate surface area is 379 Å². The van der Waals surface area contributed by atoms with Crippen molar-refractivity contribution in [2.24, 2.45) is 5.73 Å². The fourth-order valence-corrected chi connectivity index (χ4v) is 6.82. The molecule has 338 valence electrons. The maximum absolute atomic E-state index is 12.7. The van der Waals surface area contributed by atoms with Crippen molar-refractivity contribution in [1.82, 2.24) is 44.4 Å². The molecule has 7 N–H and O–H groups in total. The van der Waals surface area contributed by atoms with E-state index in [4.69, 9.17) is 43.5 Å². The summed E-state index contributed by atoms with van der Waals surface area (Å²) in [5, 5.41) is 28.9. The minimum Gasteiger partial charge on any atom is -0.464 e. The molecular formula is C43H50Cl2N12O7. The molecule has 64 heavy (non-hydrogen) atoms. The fraction of sp³-hybridized carbons (Fsp3) is 0.349. The van der Waals surface area contributed by atoms with Crippen molar-refractivity contribution in [3.05, 3.63) is 130 Å². The summed E-state index contributed by atoms with van der Waals surface area (Å²) in [6, 6.07) is 13.7. The van der Waals surface area contributed by atoms with Gasteiger partial charge in [-0.15, -0.1) is 0 Å². The Morgan fingerprint density at radius 3 is 1.80 bits per heavy atom. The molecule has 21 heteroatoms. The molecule has 0 bridgehead atoms. The summed E-state index contributed by atoms with van der Waals surface area (Å²) in [4.78, 5) is 50.1. The summed E-state index contributed by atoms with van der Waals surface area (Å²) in [5.74, 6) is 1.43. The van der Waals surface area contributed by atoms with Gasteiger partial charge in [-0.2, -0.15) is 9.97 Å². The first kappa shape index (κ1) is 47.4. The lowest BCUT2D eigenvalue weighted by atomic mass is 10.1. The third kappa shape index (κ3) is 13.0. The van der Waals surface area contributed by atoms with Crippen LogP contribution in [0, 0.1) is 13.8 Å². The molecule has 2 fully saturated rings. The Morgan fingerprint density at radius 2 is 1.31 bits per heavy atom. The van der Waals surface area contributed by atoms with Gasteiger partial charge in [0, 0.05) is 59.2 Å². The topological polar surface area (TPSA) is 252 Å². The second kappa shape index (κ2) is 23.0. The highest BCUT2D eigenvalue weighted by Gasteiger charge is 2.21. The van der Waals surface area contributed by atoms with Crippen LogP contribution >= 0.6 is 23.2 Å². The molecule has 0 saturated carbocycles. The predicted octanol–water partition coefficient (Wildman–Crippen LogP) is 4.58. The van der Waals surface area contributed by atoms with Gasteiger partial charge in [-0.05, 0) is 62.1 Å². The molecule has 2 aliphatic rings. The largest absolute Gasteiger partial charge is 0.464 e. The van der Waals surface area contributed by atoms with Crippen LogP contribution in [0.15, 0.2) is 86.0 Å². The Balaban J connectivity index is 0.000000178. The molecule has 4 atom stereocenters. The van der Waals surface area contributed by atoms with Crippen LogP contribution in [0.1, 0.15) is 68.2 Å². The molecule has 6 heterocycles. The second-order valence-electron chi connectivity index (χ2n) is 14.7. The average Bonchev–Trinajstić information content (AvgIpc) is 4.16. The number of rotatable bonds is 13. The van der Waals surface area contributed by atoms with Crippen LogP contribution in [0.25, 0.3) is 11.6 Å². The summed E-state index contributed by atoms with van der Waals surface area (Å²) in [6.07, 6.45) is 11.5. The quantitative estimate of drug-likeness (QED) is 0.0868. The lowest BCUT2D eigenvalue weighted by molar-refractivity contribution is 0.0594. The molecule has 0 aliphatic carbocycles. The first-order chi connectivity index (χ1) is 30.9. The molecule has 4 aromatic heterocycles. The monoisotopic (exact) mass is 916 g/mol. The Kier molecular flexibility index (Phi) is 17.1. The van der Waals surface area contributed by atoms with Gasteiger partial charge in [0.2, 0.25) is 11.9 Å². The van der Waals surface area contributed by atoms with E-state index in [0.717, 1.165) is 42.7 Å². The maximum atomic E-state index is 12.7. The van der Waals surface area contributed by atoms with E-state index >= 15 is 0 Å². The van der Waals surface area contributed by atoms with Crippen LogP contribution in [0.3, 0.4) is 0 Å². The Hall–Kier alpha value is -6.06. The number of aliphatic hydroxyl groups excluding tert-OH is 2. The number of nitrogens with two attached hydrogens (primary N) is 1. The van der Waals surface area contributed by atoms with E-state index in [1.807, 2.05) is 26.0 Å². The van der Waals surface area contributed by atoms with E-state index in [0.29, 0.717) is 52.4 Å². The van der Waals surface area contributed by atoms with Crippen LogP contribution in [0.5, 0.6) is 0 Å². The van der Waals surface area contributed by atoms with Gasteiger partial charge in [0.1, 0.15) is 30.0 Å². The average molecular weight is 918 g/mol. The number of methoxy groups -OCH3 is 1. The molecule has 0 unspecified atom stereocenters. The number of aromatic nitrogens is 8. The summed E-state index contributed by atoms with van der Waals surface area (Å²) >= 11 is 11.7. The molecule has 2 aromatic carbocycles. The fourth-order valence-electron chi connectivity index (χ4n) is 6.43. The van der Waals surface area contributed by atoms with Crippen LogP contribution in [0.2, 0.25) is 10.0 Å². The highest BCUT2D eigenvalue weighted by Crippen LogP contribution is 2.21. The molecule has 0 radical (unpaired) electrons. The number of hydrogen-bond donors (Lipinski definition) is 6. The highest BCUT2D eigenvalue weighted by atomic mass is 35.5. The number of halogens is 2. The van der Waals surface area contributed by atoms with E-state index in [1.165, 1.54) is 19.8 Å². The molecule has 6 aromatic rings. The van der Waals surface area contributed by atoms with Crippen molar-refractivity contribution in [3.8, 4) is 11.6 Å². The lowest BCUT2D eigenvalue weighted by Gasteiger charge is -2.16. The molecule has 8 rings (SSSR count). The van der Waals surface area contributed by atoms with Gasteiger partial charge in [-0.1, -0.05) is 47.5 Å². The minimum atomic E-state index is -0.596. The van der Waals surface area contributed by atoms with Crippen LogP contribution in [0.4, 0.5) is 11.9 Å². The van der Waals surface area contributed by atoms with Gasteiger partial charge in [-0.25, -0.2) is 24.7 Å². The third-order valence-electron chi connectivity index (χ3n) is 9.91. The first-order valence-corrected chi connectivity index (χ1v) is 21.0. The molecular weight excluding hydrogens is 867 g/mol. The van der Waals surface area contributed by atoms with E-state index in [9.17, 15) is 14.7 Å². The maximum Gasteiger partial charge on any atom is 0.358 e. The van der Waals surface area contributed by atoms with E-state index in [-0.39, 0.29) is 42.7 Å². The van der Waals surface area contributed by atoms with E-state index in [1.54, 1.807) is 70.3 Å². The molecule has 2 saturated heterocycles. The Morgan fingerprint density at radius 1 is 0.797 bits per heavy atom. The molecule has 2 aliphatic heterocycles. The zero-order valence-electron chi connectivity index (χ0n) is 35.4. The summed E-state index contributed by atoms with van der Waals surface area (Å²) in [5.41, 5.74) is 9.28. The lowest BCUT2D eigenvalue weighted by Crippen LogP contribution is -2.31. The smallest absolute Gasteiger partial charge is 0.358 e. The van der Waals surface area contributed by atoms with Crippen molar-refractivity contribution in [2.45, 2.75) is 50.9 Å². The number of ether oxygens (including phenoxy) is 3. The van der Waals surface area contributed by atoms with Gasteiger partial charge >= 0.3 is 5.97 Å². The number of carbonyl (C=O) groups is 2. The van der Waals surface area contributed by atoms with E-state index < -0.39 is 17.9 Å². The standard InChI is InChI=1S/C21H23ClN6O3.C14H17N5O3.C8H10ClNO/c1-13-8-23-21(25-16-5-6-31-11-16)27-19(13)28-9-17(24-12-28)20(30)26-18(10-29)14-3-2-4-15(22)7-14;1-9-5-15-14(17-10-3-4-22-7-10)18-12(9)19-6-11(16-8-19)13(20)21-2;9-7-3-1-2-6(4-7)8(10)5-11/h2-4,7-9,12,16,18,29H,5-6,10-11H2,1H3,(H,26,30)(H,23,25,27);5-6,8,10H,3-4,7H2,1-2H3,(H,15,17,18);1-4,8,11H,5,10H2/t16-,18+;10-;8-/m001/s1. The number of nitrogens with zero attached hydrogens (tertiary/aromatic N) is 8. The second-order valence-corrected chi connectivity index (χ2v) is 15.6. The Bertz CT molecular complexity index is 2480. The number of aliphatic hydroxyl groups is 2. The van der Waals surface area contributed by atoms with Crippen LogP contribution < -0.4 is 21.7 Å². The van der Waals surface area contributed by atoms with Gasteiger partial charge in [0.25, 0.3) is 5.91 Å². The zero-order chi connectivity index (χ0) is 45.6. The summed E-state index contributed by atoms with van der Waals surface area (Å²) < 4.78 is 18.7. The normalized spacial score (nSPS) is 16.4. The SMILES string of the molecule is COC(=O)c1cn(-c2nc(N[C@H]3CCOC3)ncc2C)cn1.Cc1cnc(N[C@H]2CCOC2)nc1-n1cnc(C(=O)N[C@H](CO)c2cccc(Cl)c2)c1.N[C@H](CO)c1cccc(Cl)c1. The van der Waals surface area contributed by atoms with Crippen molar-refractivity contribution in [3.63, 3.8) is 0 Å². The third-order valence-corrected chi connectivity index (χ3v) is 10.4. The van der Waals surface area contributed by atoms with Crippen molar-refractivity contribution >= 4 is 47.0 Å². The number of nitrogens with one attached hydrogen (secondary N) is 3. The summed E-state index contributed by atoms with van der Waals surface area (Å²) in [7, 11) is 1.32. The number of esters is 1. The molecule has 19 nitrogen and oxygen atoms in total. The van der Waals surface area contributed by atoms with Crippen molar-refractivity contribution in [1.29, 1.82) is 0 Å². The van der Waals surface area contributed by atoms with Gasteiger partial charge in [0.15, 0.2) is 5.69 Å². The molecule has 0 spiro atoms. The van der Waals surface area contributed by atoms with Gasteiger partial charge in [-0.3, -0.25) is 13.9 Å². The highest BCUT2D eigenvalue weighted by molar-refractivity contribution is 6.30. The van der Waals surface area contributed by atoms with E-state index in [2.05, 4.69) is 50.6 Å². The number of hydrogen-bond acceptors (Lipinski definition) is 16. The number of aryl methyl sites for hydroxylation is 2. The number of carbonyl (C=O) groups excluding carboxylic acids is 2. The minimum absolute atomic E-state index is 0.0552.